The molecule has 3 rings (SSSR count). The zero-order chi connectivity index (χ0) is 27.0. The number of benzene rings is 2. The van der Waals surface area contributed by atoms with Gasteiger partial charge >= 0.3 is 18.3 Å². The second-order valence-electron chi connectivity index (χ2n) is 6.75. The second-order valence-corrected chi connectivity index (χ2v) is 7.83. The summed E-state index contributed by atoms with van der Waals surface area (Å²) in [6.07, 6.45) is -10.3. The van der Waals surface area contributed by atoms with E-state index in [9.17, 15) is 26.3 Å². The third kappa shape index (κ3) is 9.74. The van der Waals surface area contributed by atoms with E-state index >= 15 is 0 Å². The molecule has 0 atom stereocenters. The van der Waals surface area contributed by atoms with Crippen molar-refractivity contribution in [2.45, 2.75) is 12.4 Å². The molecule has 1 aromatic rings. The average Bonchev–Trinajstić information content (AvgIpc) is 2.75. The quantitative estimate of drug-likeness (QED) is 0.269. The lowest BCUT2D eigenvalue weighted by atomic mass is 10.2. The molecule has 2 aliphatic rings. The summed E-state index contributed by atoms with van der Waals surface area (Å²) in [6, 6.07) is 12.6. The highest BCUT2D eigenvalue weighted by Crippen LogP contribution is 2.30. The Balaban J connectivity index is 0.000000362. The summed E-state index contributed by atoms with van der Waals surface area (Å²) in [7, 11) is 4.10. The van der Waals surface area contributed by atoms with Crippen LogP contribution in [0.2, 0.25) is 0 Å². The standard InChI is InChI=1S/C16H18N4S.2C2HF3O2/c1-20(2)12-4-6-14-16(10-12)21-15-9-11(18-8-7-17)3-5-13(15)19-14;2*3-2(4,5)1(6)7/h3-6,9-10H,7-8,17H2,1-2H3;2*(H,6,7). The van der Waals surface area contributed by atoms with Gasteiger partial charge in [-0.1, -0.05) is 0 Å². The maximum absolute atomic E-state index is 10.6. The SMILES string of the molecule is C[N+](C)=c1ccc2nc3ccc(NCCN)cc3sc-2c1.O=C(O)C(F)(F)F.O=C([O-])C(F)(F)F. The van der Waals surface area contributed by atoms with Crippen molar-refractivity contribution < 1.29 is 46.1 Å². The minimum atomic E-state index is -5.19. The molecule has 0 aromatic heterocycles. The highest BCUT2D eigenvalue weighted by Gasteiger charge is 2.38. The molecule has 0 bridgehead atoms. The number of nitrogens with zero attached hydrogens (tertiary/aromatic N) is 2. The molecule has 192 valence electrons. The smallest absolute Gasteiger partial charge is 0.490 e. The molecule has 1 aliphatic heterocycles. The molecule has 1 aliphatic carbocycles. The van der Waals surface area contributed by atoms with E-state index in [0.29, 0.717) is 6.54 Å². The first-order chi connectivity index (χ1) is 16.1. The molecule has 0 unspecified atom stereocenters. The lowest BCUT2D eigenvalue weighted by Gasteiger charge is -2.08. The Morgan fingerprint density at radius 3 is 2.11 bits per heavy atom. The molecule has 0 radical (unpaired) electrons. The lowest BCUT2D eigenvalue weighted by molar-refractivity contribution is -0.344. The molecule has 35 heavy (non-hydrogen) atoms. The predicted molar refractivity (Wildman–Crippen MR) is 116 cm³/mol. The van der Waals surface area contributed by atoms with Gasteiger partial charge in [-0.2, -0.15) is 26.3 Å². The zero-order valence-corrected chi connectivity index (χ0v) is 19.0. The Morgan fingerprint density at radius 2 is 1.66 bits per heavy atom. The number of carbonyl (C=O) groups excluding carboxylic acids is 1. The van der Waals surface area contributed by atoms with E-state index < -0.39 is 24.3 Å². The van der Waals surface area contributed by atoms with Crippen LogP contribution in [-0.4, -0.2) is 61.6 Å². The Bertz CT molecular complexity index is 1180. The first-order valence-electron chi connectivity index (χ1n) is 9.43. The normalized spacial score (nSPS) is 11.1. The number of anilines is 1. The Hall–Kier alpha value is -3.46. The molecule has 8 nitrogen and oxygen atoms in total. The lowest BCUT2D eigenvalue weighted by Crippen LogP contribution is -2.37. The average molecular weight is 526 g/mol. The largest absolute Gasteiger partial charge is 0.542 e. The van der Waals surface area contributed by atoms with Gasteiger partial charge in [0.15, 0.2) is 0 Å². The van der Waals surface area contributed by atoms with E-state index in [1.54, 1.807) is 11.3 Å². The highest BCUT2D eigenvalue weighted by atomic mass is 32.1. The summed E-state index contributed by atoms with van der Waals surface area (Å²) in [6.45, 7) is 1.41. The van der Waals surface area contributed by atoms with Crippen LogP contribution in [-0.2, 0) is 9.59 Å². The molecule has 4 N–H and O–H groups in total. The van der Waals surface area contributed by atoms with Gasteiger partial charge in [0.05, 0.1) is 20.8 Å². The van der Waals surface area contributed by atoms with Crippen molar-refractivity contribution in [1.82, 2.24) is 9.56 Å². The number of nitrogens with two attached hydrogens (primary N) is 1. The summed E-state index contributed by atoms with van der Waals surface area (Å²) in [4.78, 5) is 23.6. The number of halogens is 6. The number of hydrogen-bond donors (Lipinski definition) is 3. The van der Waals surface area contributed by atoms with E-state index in [1.807, 2.05) is 0 Å². The molecule has 0 amide bonds. The predicted octanol–water partition coefficient (Wildman–Crippen LogP) is 1.74. The molecule has 0 fully saturated rings. The first-order valence-corrected chi connectivity index (χ1v) is 10.2. The van der Waals surface area contributed by atoms with Crippen LogP contribution in [0.4, 0.5) is 32.0 Å². The number of hydrogen-bond acceptors (Lipinski definition) is 7. The molecule has 0 saturated carbocycles. The van der Waals surface area contributed by atoms with Crippen LogP contribution in [0.15, 0.2) is 36.4 Å². The van der Waals surface area contributed by atoms with Gasteiger partial charge < -0.3 is 26.1 Å². The monoisotopic (exact) mass is 526 g/mol. The number of fused-ring (bicyclic) bond motifs is 2. The third-order valence-corrected chi connectivity index (χ3v) is 4.92. The van der Waals surface area contributed by atoms with Crippen LogP contribution in [0, 0.1) is 0 Å². The third-order valence-electron chi connectivity index (χ3n) is 3.83. The van der Waals surface area contributed by atoms with Crippen LogP contribution < -0.4 is 26.1 Å². The number of carbonyl (C=O) groups is 2. The molecule has 15 heteroatoms. The van der Waals surface area contributed by atoms with E-state index in [1.165, 1.54) is 14.9 Å². The number of carboxylic acids is 2. The number of carboxylic acid groups (broad SMARTS) is 2. The number of nitrogens with one attached hydrogen (secondary N) is 1. The van der Waals surface area contributed by atoms with Crippen LogP contribution in [0.3, 0.4) is 0 Å². The Morgan fingerprint density at radius 1 is 1.09 bits per heavy atom. The highest BCUT2D eigenvalue weighted by molar-refractivity contribution is 7.21. The second kappa shape index (κ2) is 12.3. The Kier molecular flexibility index (Phi) is 10.4. The van der Waals surface area contributed by atoms with Crippen LogP contribution in [0.25, 0.3) is 20.8 Å². The number of alkyl halides is 6. The molecule has 0 spiro atoms. The van der Waals surface area contributed by atoms with Gasteiger partial charge in [-0.05, 0) is 24.3 Å². The number of aliphatic carboxylic acids is 2. The first kappa shape index (κ1) is 29.6. The summed E-state index contributed by atoms with van der Waals surface area (Å²) in [5, 5.41) is 20.4. The fourth-order valence-corrected chi connectivity index (χ4v) is 3.26. The van der Waals surface area contributed by atoms with Crippen LogP contribution in [0.1, 0.15) is 0 Å². The van der Waals surface area contributed by atoms with Gasteiger partial charge in [-0.15, -0.1) is 11.3 Å². The van der Waals surface area contributed by atoms with Gasteiger partial charge in [0.25, 0.3) is 0 Å². The van der Waals surface area contributed by atoms with Crippen molar-refractivity contribution in [3.8, 4) is 10.6 Å². The zero-order valence-electron chi connectivity index (χ0n) is 18.2. The van der Waals surface area contributed by atoms with Gasteiger partial charge in [0, 0.05) is 30.9 Å². The van der Waals surface area contributed by atoms with Crippen molar-refractivity contribution in [3.05, 3.63) is 41.8 Å². The number of rotatable bonds is 3. The van der Waals surface area contributed by atoms with Crippen LogP contribution in [0.5, 0.6) is 0 Å². The molecular formula is C20H20F6N4O4S. The molecule has 0 saturated heterocycles. The molecular weight excluding hydrogens is 506 g/mol. The fraction of sp³-hybridized carbons (Fsp3) is 0.300. The van der Waals surface area contributed by atoms with Crippen LogP contribution >= 0.6 is 11.3 Å². The summed E-state index contributed by atoms with van der Waals surface area (Å²) < 4.78 is 66.6. The minimum Gasteiger partial charge on any atom is -0.542 e. The fourth-order valence-electron chi connectivity index (χ4n) is 2.22. The van der Waals surface area contributed by atoms with Gasteiger partial charge in [-0.3, -0.25) is 0 Å². The summed E-state index contributed by atoms with van der Waals surface area (Å²) in [5.41, 5.74) is 8.70. The summed E-state index contributed by atoms with van der Waals surface area (Å²) >= 11 is 1.77. The van der Waals surface area contributed by atoms with Crippen molar-refractivity contribution in [2.75, 3.05) is 32.5 Å². The van der Waals surface area contributed by atoms with E-state index in [4.69, 9.17) is 30.5 Å². The van der Waals surface area contributed by atoms with E-state index in [0.717, 1.165) is 23.4 Å². The van der Waals surface area contributed by atoms with E-state index in [2.05, 4.69) is 60.4 Å². The van der Waals surface area contributed by atoms with Crippen molar-refractivity contribution >= 4 is 39.2 Å². The summed E-state index contributed by atoms with van der Waals surface area (Å²) in [5.74, 6) is -5.76. The number of aromatic nitrogens is 1. The maximum Gasteiger partial charge on any atom is 0.490 e. The van der Waals surface area contributed by atoms with Crippen molar-refractivity contribution in [2.24, 2.45) is 5.73 Å². The molecule has 1 aromatic carbocycles. The molecule has 1 heterocycles. The maximum atomic E-state index is 10.6. The van der Waals surface area contributed by atoms with Gasteiger partial charge in [-0.25, -0.2) is 14.4 Å². The van der Waals surface area contributed by atoms with E-state index in [-0.39, 0.29) is 0 Å². The minimum absolute atomic E-state index is 0.629. The van der Waals surface area contributed by atoms with Gasteiger partial charge in [0.1, 0.15) is 20.1 Å². The Labute approximate surface area is 198 Å². The van der Waals surface area contributed by atoms with Gasteiger partial charge in [0.2, 0.25) is 5.36 Å². The van der Waals surface area contributed by atoms with Crippen molar-refractivity contribution in [1.29, 1.82) is 0 Å². The topological polar surface area (TPSA) is 131 Å². The van der Waals surface area contributed by atoms with Crippen molar-refractivity contribution in [3.63, 3.8) is 0 Å².